The number of nitrogens with two attached hydrogens (primary N) is 1. The Kier molecular flexibility index (Phi) is 3.44. The molecule has 2 N–H and O–H groups in total. The molecule has 0 atom stereocenters. The smallest absolute Gasteiger partial charge is 0.328 e. The van der Waals surface area contributed by atoms with E-state index >= 15 is 0 Å². The molecular weight excluding hydrogens is 314 g/mol. The highest BCUT2D eigenvalue weighted by molar-refractivity contribution is 9.10. The molecule has 0 spiro atoms. The van der Waals surface area contributed by atoms with Crippen LogP contribution in [0.25, 0.3) is 11.0 Å². The van der Waals surface area contributed by atoms with E-state index in [1.165, 1.54) is 11.0 Å². The number of fused-ring (bicyclic) bond motifs is 1. The SMILES string of the molecule is CC(C)(C)OC(=O)Cn1nc(Br)c2c(N)ncnc21. The summed E-state index contributed by atoms with van der Waals surface area (Å²) in [6, 6.07) is 0. The molecule has 0 amide bonds. The predicted molar refractivity (Wildman–Crippen MR) is 73.3 cm³/mol. The molecule has 0 saturated carbocycles. The van der Waals surface area contributed by atoms with Crippen LogP contribution in [0.2, 0.25) is 0 Å². The minimum atomic E-state index is -0.536. The number of halogens is 1. The zero-order valence-electron chi connectivity index (χ0n) is 10.8. The van der Waals surface area contributed by atoms with Crippen molar-refractivity contribution in [3.8, 4) is 0 Å². The standard InChI is InChI=1S/C11H14BrN5O2/c1-11(2,3)19-6(18)4-17-10-7(8(12)16-17)9(13)14-5-15-10/h5H,4H2,1-3H3,(H2,13,14,15). The molecule has 2 heterocycles. The largest absolute Gasteiger partial charge is 0.459 e. The van der Waals surface area contributed by atoms with Crippen LogP contribution in [-0.4, -0.2) is 31.3 Å². The van der Waals surface area contributed by atoms with Crippen molar-refractivity contribution in [1.82, 2.24) is 19.7 Å². The quantitative estimate of drug-likeness (QED) is 0.840. The first-order valence-corrected chi connectivity index (χ1v) is 6.41. The van der Waals surface area contributed by atoms with Crippen LogP contribution in [0.3, 0.4) is 0 Å². The van der Waals surface area contributed by atoms with Gasteiger partial charge in [0.15, 0.2) is 5.65 Å². The fraction of sp³-hybridized carbons (Fsp3) is 0.455. The van der Waals surface area contributed by atoms with Crippen molar-refractivity contribution in [2.75, 3.05) is 5.73 Å². The van der Waals surface area contributed by atoms with E-state index in [4.69, 9.17) is 10.5 Å². The molecular formula is C11H14BrN5O2. The summed E-state index contributed by atoms with van der Waals surface area (Å²) in [5, 5.41) is 4.76. The minimum absolute atomic E-state index is 0.0319. The number of nitrogen functional groups attached to an aromatic ring is 1. The first-order valence-electron chi connectivity index (χ1n) is 5.62. The Bertz CT molecular complexity index is 632. The second-order valence-corrected chi connectivity index (χ2v) is 5.74. The van der Waals surface area contributed by atoms with Gasteiger partial charge in [-0.2, -0.15) is 5.10 Å². The molecule has 2 aromatic heterocycles. The van der Waals surface area contributed by atoms with Gasteiger partial charge in [-0.3, -0.25) is 4.79 Å². The molecule has 2 rings (SSSR count). The summed E-state index contributed by atoms with van der Waals surface area (Å²) in [5.74, 6) is -0.0751. The average molecular weight is 328 g/mol. The molecule has 0 aliphatic heterocycles. The third-order valence-corrected chi connectivity index (χ3v) is 2.77. The molecule has 0 aliphatic rings. The number of hydrogen-bond acceptors (Lipinski definition) is 6. The summed E-state index contributed by atoms with van der Waals surface area (Å²) in [5.41, 5.74) is 5.71. The number of aromatic nitrogens is 4. The molecule has 7 nitrogen and oxygen atoms in total. The highest BCUT2D eigenvalue weighted by Crippen LogP contribution is 2.25. The molecule has 0 aromatic carbocycles. The second-order valence-electron chi connectivity index (χ2n) is 4.99. The zero-order chi connectivity index (χ0) is 14.2. The van der Waals surface area contributed by atoms with Crippen LogP contribution >= 0.6 is 15.9 Å². The lowest BCUT2D eigenvalue weighted by atomic mass is 10.2. The molecule has 2 aromatic rings. The van der Waals surface area contributed by atoms with Gasteiger partial charge in [0.1, 0.15) is 28.9 Å². The minimum Gasteiger partial charge on any atom is -0.459 e. The van der Waals surface area contributed by atoms with Crippen LogP contribution in [0, 0.1) is 0 Å². The van der Waals surface area contributed by atoms with Crippen molar-refractivity contribution in [2.24, 2.45) is 0 Å². The molecule has 0 aliphatic carbocycles. The van der Waals surface area contributed by atoms with Crippen LogP contribution in [-0.2, 0) is 16.1 Å². The highest BCUT2D eigenvalue weighted by atomic mass is 79.9. The maximum atomic E-state index is 11.8. The van der Waals surface area contributed by atoms with Crippen molar-refractivity contribution in [2.45, 2.75) is 32.9 Å². The maximum absolute atomic E-state index is 11.8. The Morgan fingerprint density at radius 1 is 1.47 bits per heavy atom. The van der Waals surface area contributed by atoms with Gasteiger partial charge >= 0.3 is 5.97 Å². The molecule has 0 bridgehead atoms. The lowest BCUT2D eigenvalue weighted by Gasteiger charge is -2.19. The van der Waals surface area contributed by atoms with E-state index in [1.54, 1.807) is 0 Å². The number of anilines is 1. The maximum Gasteiger partial charge on any atom is 0.328 e. The van der Waals surface area contributed by atoms with Crippen molar-refractivity contribution < 1.29 is 9.53 Å². The van der Waals surface area contributed by atoms with Crippen LogP contribution in [0.5, 0.6) is 0 Å². The molecule has 0 saturated heterocycles. The molecule has 8 heteroatoms. The number of carbonyl (C=O) groups is 1. The van der Waals surface area contributed by atoms with E-state index in [0.29, 0.717) is 21.5 Å². The molecule has 0 radical (unpaired) electrons. The Morgan fingerprint density at radius 3 is 2.79 bits per heavy atom. The fourth-order valence-electron chi connectivity index (χ4n) is 1.59. The Morgan fingerprint density at radius 2 is 2.16 bits per heavy atom. The third kappa shape index (κ3) is 3.01. The lowest BCUT2D eigenvalue weighted by molar-refractivity contribution is -0.155. The average Bonchev–Trinajstić information content (AvgIpc) is 2.54. The monoisotopic (exact) mass is 327 g/mol. The normalized spacial score (nSPS) is 11.8. The summed E-state index contributed by atoms with van der Waals surface area (Å²) in [7, 11) is 0. The van der Waals surface area contributed by atoms with E-state index in [2.05, 4.69) is 31.0 Å². The summed E-state index contributed by atoms with van der Waals surface area (Å²) >= 11 is 3.28. The fourth-order valence-corrected chi connectivity index (χ4v) is 2.16. The number of hydrogen-bond donors (Lipinski definition) is 1. The number of carbonyl (C=O) groups excluding carboxylic acids is 1. The van der Waals surface area contributed by atoms with Gasteiger partial charge in [-0.05, 0) is 36.7 Å². The van der Waals surface area contributed by atoms with Gasteiger partial charge in [0.25, 0.3) is 0 Å². The second kappa shape index (κ2) is 4.76. The number of ether oxygens (including phenoxy) is 1. The van der Waals surface area contributed by atoms with Gasteiger partial charge in [0.2, 0.25) is 0 Å². The summed E-state index contributed by atoms with van der Waals surface area (Å²) in [6.07, 6.45) is 1.33. The van der Waals surface area contributed by atoms with Crippen molar-refractivity contribution in [3.05, 3.63) is 10.9 Å². The third-order valence-electron chi connectivity index (χ3n) is 2.21. The van der Waals surface area contributed by atoms with E-state index in [-0.39, 0.29) is 12.5 Å². The zero-order valence-corrected chi connectivity index (χ0v) is 12.4. The molecule has 0 fully saturated rings. The van der Waals surface area contributed by atoms with E-state index in [0.717, 1.165) is 0 Å². The van der Waals surface area contributed by atoms with E-state index < -0.39 is 5.60 Å². The topological polar surface area (TPSA) is 95.9 Å². The first-order chi connectivity index (χ1) is 8.78. The van der Waals surface area contributed by atoms with Crippen LogP contribution in [0.15, 0.2) is 10.9 Å². The highest BCUT2D eigenvalue weighted by Gasteiger charge is 2.20. The van der Waals surface area contributed by atoms with Gasteiger partial charge in [-0.15, -0.1) is 0 Å². The predicted octanol–water partition coefficient (Wildman–Crippen LogP) is 1.51. The van der Waals surface area contributed by atoms with Crippen molar-refractivity contribution >= 4 is 38.8 Å². The van der Waals surface area contributed by atoms with E-state index in [9.17, 15) is 4.79 Å². The number of esters is 1. The Hall–Kier alpha value is -1.70. The molecule has 0 unspecified atom stereocenters. The van der Waals surface area contributed by atoms with Crippen molar-refractivity contribution in [1.29, 1.82) is 0 Å². The van der Waals surface area contributed by atoms with Gasteiger partial charge in [-0.1, -0.05) is 0 Å². The van der Waals surface area contributed by atoms with Gasteiger partial charge < -0.3 is 10.5 Å². The van der Waals surface area contributed by atoms with Gasteiger partial charge in [0, 0.05) is 0 Å². The number of rotatable bonds is 2. The molecule has 19 heavy (non-hydrogen) atoms. The van der Waals surface area contributed by atoms with Crippen LogP contribution < -0.4 is 5.73 Å². The number of nitrogens with zero attached hydrogens (tertiary/aromatic N) is 4. The summed E-state index contributed by atoms with van der Waals surface area (Å²) in [6.45, 7) is 5.39. The molecule has 102 valence electrons. The Balaban J connectivity index is 2.32. The van der Waals surface area contributed by atoms with Gasteiger partial charge in [0.05, 0.1) is 5.39 Å². The van der Waals surface area contributed by atoms with Gasteiger partial charge in [-0.25, -0.2) is 14.6 Å². The lowest BCUT2D eigenvalue weighted by Crippen LogP contribution is -2.26. The summed E-state index contributed by atoms with van der Waals surface area (Å²) in [4.78, 5) is 19.8. The first kappa shape index (κ1) is 13.7. The van der Waals surface area contributed by atoms with Crippen molar-refractivity contribution in [3.63, 3.8) is 0 Å². The van der Waals surface area contributed by atoms with E-state index in [1.807, 2.05) is 20.8 Å². The van der Waals surface area contributed by atoms with Crippen LogP contribution in [0.1, 0.15) is 20.8 Å². The summed E-state index contributed by atoms with van der Waals surface area (Å²) < 4.78 is 7.18. The Labute approximate surface area is 118 Å². The van der Waals surface area contributed by atoms with Crippen LogP contribution in [0.4, 0.5) is 5.82 Å².